The first-order valence-corrected chi connectivity index (χ1v) is 9.95. The van der Waals surface area contributed by atoms with Crippen molar-refractivity contribution >= 4 is 12.0 Å². The molecule has 0 fully saturated rings. The van der Waals surface area contributed by atoms with Gasteiger partial charge >= 0.3 is 0 Å². The maximum Gasteiger partial charge on any atom is 0.246 e. The van der Waals surface area contributed by atoms with Crippen LogP contribution in [-0.2, 0) is 4.79 Å². The Morgan fingerprint density at radius 2 is 1.73 bits per heavy atom. The minimum Gasteiger partial charge on any atom is -0.493 e. The smallest absolute Gasteiger partial charge is 0.246 e. The molecular weight excluding hydrogens is 378 g/mol. The largest absolute Gasteiger partial charge is 0.493 e. The van der Waals surface area contributed by atoms with Crippen LogP contribution >= 0.6 is 0 Å². The van der Waals surface area contributed by atoms with Gasteiger partial charge in [0.1, 0.15) is 5.69 Å². The predicted molar refractivity (Wildman–Crippen MR) is 119 cm³/mol. The number of carbonyl (C=O) groups is 1. The lowest BCUT2D eigenvalue weighted by atomic mass is 10.1. The topological polar surface area (TPSA) is 56.6 Å². The molecule has 30 heavy (non-hydrogen) atoms. The molecule has 0 bridgehead atoms. The van der Waals surface area contributed by atoms with Gasteiger partial charge in [0.25, 0.3) is 0 Å². The molecule has 0 saturated carbocycles. The zero-order valence-corrected chi connectivity index (χ0v) is 17.8. The van der Waals surface area contributed by atoms with Gasteiger partial charge in [-0.25, -0.2) is 4.68 Å². The summed E-state index contributed by atoms with van der Waals surface area (Å²) in [5.41, 5.74) is 3.40. The molecular formula is C24H27N3O3. The van der Waals surface area contributed by atoms with Gasteiger partial charge in [-0.05, 0) is 50.3 Å². The Labute approximate surface area is 177 Å². The van der Waals surface area contributed by atoms with E-state index in [0.717, 1.165) is 22.5 Å². The maximum atomic E-state index is 12.5. The summed E-state index contributed by atoms with van der Waals surface area (Å²) in [6.07, 6.45) is 5.34. The fourth-order valence-electron chi connectivity index (χ4n) is 3.23. The monoisotopic (exact) mass is 405 g/mol. The van der Waals surface area contributed by atoms with Crippen LogP contribution in [0.1, 0.15) is 19.4 Å². The Morgan fingerprint density at radius 1 is 1.03 bits per heavy atom. The summed E-state index contributed by atoms with van der Waals surface area (Å²) in [6, 6.07) is 15.5. The minimum atomic E-state index is -0.0225. The Balaban J connectivity index is 2.07. The van der Waals surface area contributed by atoms with Gasteiger partial charge in [-0.1, -0.05) is 18.2 Å². The average molecular weight is 405 g/mol. The van der Waals surface area contributed by atoms with Gasteiger partial charge < -0.3 is 14.4 Å². The summed E-state index contributed by atoms with van der Waals surface area (Å²) in [5.74, 6) is 1.25. The van der Waals surface area contributed by atoms with Gasteiger partial charge in [-0.15, -0.1) is 0 Å². The number of methoxy groups -OCH3 is 2. The lowest BCUT2D eigenvalue weighted by molar-refractivity contribution is -0.125. The number of carbonyl (C=O) groups excluding carboxylic acids is 1. The molecule has 6 heteroatoms. The number of likely N-dealkylation sites (N-methyl/N-ethyl adjacent to an activating group) is 1. The number of para-hydroxylation sites is 1. The summed E-state index contributed by atoms with van der Waals surface area (Å²) in [6.45, 7) is 5.28. The van der Waals surface area contributed by atoms with Crippen molar-refractivity contribution in [3.63, 3.8) is 0 Å². The number of hydrogen-bond donors (Lipinski definition) is 0. The molecule has 2 aromatic carbocycles. The highest BCUT2D eigenvalue weighted by Crippen LogP contribution is 2.33. The number of rotatable bonds is 8. The molecule has 0 saturated heterocycles. The van der Waals surface area contributed by atoms with Gasteiger partial charge in [-0.3, -0.25) is 4.79 Å². The molecule has 3 rings (SSSR count). The second-order valence-corrected chi connectivity index (χ2v) is 6.63. The minimum absolute atomic E-state index is 0.0225. The summed E-state index contributed by atoms with van der Waals surface area (Å²) in [7, 11) is 3.21. The van der Waals surface area contributed by atoms with Crippen LogP contribution in [-0.4, -0.2) is 47.9 Å². The highest BCUT2D eigenvalue weighted by molar-refractivity contribution is 5.93. The molecule has 0 radical (unpaired) electrons. The highest BCUT2D eigenvalue weighted by atomic mass is 16.5. The van der Waals surface area contributed by atoms with Gasteiger partial charge in [0.2, 0.25) is 5.91 Å². The molecule has 1 heterocycles. The first-order chi connectivity index (χ1) is 14.6. The van der Waals surface area contributed by atoms with Crippen molar-refractivity contribution in [2.75, 3.05) is 27.3 Å². The quantitative estimate of drug-likeness (QED) is 0.520. The lowest BCUT2D eigenvalue weighted by Crippen LogP contribution is -2.28. The molecule has 0 unspecified atom stereocenters. The normalized spacial score (nSPS) is 10.9. The maximum absolute atomic E-state index is 12.5. The Morgan fingerprint density at radius 3 is 2.37 bits per heavy atom. The van der Waals surface area contributed by atoms with Crippen molar-refractivity contribution in [1.29, 1.82) is 0 Å². The van der Waals surface area contributed by atoms with Crippen LogP contribution < -0.4 is 9.47 Å². The third-order valence-electron chi connectivity index (χ3n) is 4.90. The van der Waals surface area contributed by atoms with Gasteiger partial charge in [0, 0.05) is 36.5 Å². The average Bonchev–Trinajstić information content (AvgIpc) is 3.23. The van der Waals surface area contributed by atoms with Gasteiger partial charge in [-0.2, -0.15) is 5.10 Å². The van der Waals surface area contributed by atoms with Crippen molar-refractivity contribution in [3.05, 3.63) is 66.4 Å². The Hall–Kier alpha value is -3.54. The Bertz CT molecular complexity index is 1020. The molecule has 1 amide bonds. The van der Waals surface area contributed by atoms with E-state index in [1.807, 2.05) is 79.3 Å². The summed E-state index contributed by atoms with van der Waals surface area (Å²) < 4.78 is 12.6. The second kappa shape index (κ2) is 9.78. The molecule has 1 aromatic heterocycles. The van der Waals surface area contributed by atoms with Crippen molar-refractivity contribution in [2.24, 2.45) is 0 Å². The van der Waals surface area contributed by atoms with Crippen molar-refractivity contribution in [2.45, 2.75) is 13.8 Å². The standard InChI is InChI=1S/C24H27N3O3/c1-5-26(6-2)23(28)15-13-19-17-27(20-10-8-7-9-11-20)25-24(19)18-12-14-21(29-3)22(16-18)30-4/h7-17H,5-6H2,1-4H3/b15-13+. The number of aromatic nitrogens is 2. The van der Waals surface area contributed by atoms with Crippen LogP contribution in [0.25, 0.3) is 23.0 Å². The van der Waals surface area contributed by atoms with Crippen LogP contribution in [0.5, 0.6) is 11.5 Å². The first-order valence-electron chi connectivity index (χ1n) is 9.95. The van der Waals surface area contributed by atoms with Crippen LogP contribution in [0.2, 0.25) is 0 Å². The lowest BCUT2D eigenvalue weighted by Gasteiger charge is -2.15. The number of nitrogens with zero attached hydrogens (tertiary/aromatic N) is 3. The third kappa shape index (κ3) is 4.54. The van der Waals surface area contributed by atoms with Crippen LogP contribution in [0.4, 0.5) is 0 Å². The van der Waals surface area contributed by atoms with Crippen LogP contribution in [0.15, 0.2) is 60.8 Å². The summed E-state index contributed by atoms with van der Waals surface area (Å²) in [5, 5.41) is 4.79. The number of amides is 1. The first kappa shape index (κ1) is 21.2. The SMILES string of the molecule is CCN(CC)C(=O)/C=C/c1cn(-c2ccccc2)nc1-c1ccc(OC)c(OC)c1. The van der Waals surface area contributed by atoms with Gasteiger partial charge in [0.15, 0.2) is 11.5 Å². The van der Waals surface area contributed by atoms with E-state index in [0.29, 0.717) is 24.6 Å². The fraction of sp³-hybridized carbons (Fsp3) is 0.250. The van der Waals surface area contributed by atoms with Crippen molar-refractivity contribution in [1.82, 2.24) is 14.7 Å². The molecule has 0 aliphatic rings. The molecule has 0 aliphatic carbocycles. The molecule has 0 N–H and O–H groups in total. The number of ether oxygens (including phenoxy) is 2. The molecule has 0 spiro atoms. The molecule has 6 nitrogen and oxygen atoms in total. The van der Waals surface area contributed by atoms with E-state index in [4.69, 9.17) is 14.6 Å². The van der Waals surface area contributed by atoms with Crippen LogP contribution in [0, 0.1) is 0 Å². The molecule has 0 aliphatic heterocycles. The van der Waals surface area contributed by atoms with Crippen molar-refractivity contribution < 1.29 is 14.3 Å². The molecule has 3 aromatic rings. The predicted octanol–water partition coefficient (Wildman–Crippen LogP) is 4.44. The molecule has 0 atom stereocenters. The highest BCUT2D eigenvalue weighted by Gasteiger charge is 2.14. The molecule has 156 valence electrons. The van der Waals surface area contributed by atoms with Gasteiger partial charge in [0.05, 0.1) is 19.9 Å². The fourth-order valence-corrected chi connectivity index (χ4v) is 3.23. The van der Waals surface area contributed by atoms with E-state index >= 15 is 0 Å². The van der Waals surface area contributed by atoms with E-state index < -0.39 is 0 Å². The second-order valence-electron chi connectivity index (χ2n) is 6.63. The van der Waals surface area contributed by atoms with E-state index in [9.17, 15) is 4.79 Å². The van der Waals surface area contributed by atoms with Crippen molar-refractivity contribution in [3.8, 4) is 28.4 Å². The number of benzene rings is 2. The Kier molecular flexibility index (Phi) is 6.91. The van der Waals surface area contributed by atoms with E-state index in [2.05, 4.69) is 0 Å². The van der Waals surface area contributed by atoms with E-state index in [1.54, 1.807) is 25.2 Å². The third-order valence-corrected chi connectivity index (χ3v) is 4.90. The van der Waals surface area contributed by atoms with E-state index in [1.165, 1.54) is 0 Å². The zero-order chi connectivity index (χ0) is 21.5. The van der Waals surface area contributed by atoms with Crippen LogP contribution in [0.3, 0.4) is 0 Å². The summed E-state index contributed by atoms with van der Waals surface area (Å²) in [4.78, 5) is 14.2. The number of hydrogen-bond acceptors (Lipinski definition) is 4. The van der Waals surface area contributed by atoms with E-state index in [-0.39, 0.29) is 5.91 Å². The zero-order valence-electron chi connectivity index (χ0n) is 17.8. The summed E-state index contributed by atoms with van der Waals surface area (Å²) >= 11 is 0.